The molecule has 0 radical (unpaired) electrons. The lowest BCUT2D eigenvalue weighted by Gasteiger charge is -2.34. The van der Waals surface area contributed by atoms with E-state index in [4.69, 9.17) is 9.47 Å². The SMILES string of the molecule is CCCOc1ccc(NC(=O)C(CC(C)C)(CC(C)C)OC)cc1. The summed E-state index contributed by atoms with van der Waals surface area (Å²) in [6, 6.07) is 7.50. The number of benzene rings is 1. The van der Waals surface area contributed by atoms with Crippen molar-refractivity contribution in [3.63, 3.8) is 0 Å². The molecule has 0 atom stereocenters. The Morgan fingerprint density at radius 1 is 1.08 bits per heavy atom. The second kappa shape index (κ2) is 9.67. The highest BCUT2D eigenvalue weighted by molar-refractivity contribution is 5.97. The number of anilines is 1. The van der Waals surface area contributed by atoms with Crippen LogP contribution in [0.3, 0.4) is 0 Å². The predicted molar refractivity (Wildman–Crippen MR) is 99.5 cm³/mol. The lowest BCUT2D eigenvalue weighted by atomic mass is 9.84. The van der Waals surface area contributed by atoms with Crippen molar-refractivity contribution >= 4 is 11.6 Å². The molecule has 1 N–H and O–H groups in total. The van der Waals surface area contributed by atoms with Crippen molar-refractivity contribution in [1.29, 1.82) is 0 Å². The molecule has 4 nitrogen and oxygen atoms in total. The highest BCUT2D eigenvalue weighted by atomic mass is 16.5. The van der Waals surface area contributed by atoms with Gasteiger partial charge >= 0.3 is 0 Å². The number of methoxy groups -OCH3 is 1. The van der Waals surface area contributed by atoms with Gasteiger partial charge in [-0.05, 0) is 55.4 Å². The summed E-state index contributed by atoms with van der Waals surface area (Å²) in [5.41, 5.74) is -0.0301. The lowest BCUT2D eigenvalue weighted by molar-refractivity contribution is -0.142. The molecular weight excluding hydrogens is 302 g/mol. The second-order valence-corrected chi connectivity index (χ2v) is 7.22. The number of ether oxygens (including phenoxy) is 2. The first-order valence-electron chi connectivity index (χ1n) is 8.92. The maximum atomic E-state index is 12.9. The maximum absolute atomic E-state index is 12.9. The number of amides is 1. The summed E-state index contributed by atoms with van der Waals surface area (Å²) in [5, 5.41) is 3.01. The van der Waals surface area contributed by atoms with Crippen molar-refractivity contribution in [2.75, 3.05) is 19.0 Å². The van der Waals surface area contributed by atoms with Crippen LogP contribution in [-0.4, -0.2) is 25.2 Å². The van der Waals surface area contributed by atoms with E-state index in [1.54, 1.807) is 7.11 Å². The van der Waals surface area contributed by atoms with Crippen LogP contribution in [0.15, 0.2) is 24.3 Å². The lowest BCUT2D eigenvalue weighted by Crippen LogP contribution is -2.46. The zero-order chi connectivity index (χ0) is 18.2. The van der Waals surface area contributed by atoms with Crippen molar-refractivity contribution in [3.05, 3.63) is 24.3 Å². The Balaban J connectivity index is 2.86. The van der Waals surface area contributed by atoms with Gasteiger partial charge in [-0.15, -0.1) is 0 Å². The van der Waals surface area contributed by atoms with Gasteiger partial charge in [0, 0.05) is 12.8 Å². The highest BCUT2D eigenvalue weighted by Crippen LogP contribution is 2.30. The van der Waals surface area contributed by atoms with Crippen molar-refractivity contribution < 1.29 is 14.3 Å². The largest absolute Gasteiger partial charge is 0.494 e. The van der Waals surface area contributed by atoms with Crippen molar-refractivity contribution in [1.82, 2.24) is 0 Å². The van der Waals surface area contributed by atoms with E-state index in [0.29, 0.717) is 31.3 Å². The van der Waals surface area contributed by atoms with E-state index in [0.717, 1.165) is 17.9 Å². The third-order valence-electron chi connectivity index (χ3n) is 3.87. The highest BCUT2D eigenvalue weighted by Gasteiger charge is 2.39. The molecule has 0 saturated heterocycles. The number of hydrogen-bond donors (Lipinski definition) is 1. The fourth-order valence-electron chi connectivity index (χ4n) is 2.95. The Morgan fingerprint density at radius 3 is 2.04 bits per heavy atom. The molecule has 1 amide bonds. The molecule has 1 rings (SSSR count). The van der Waals surface area contributed by atoms with Crippen LogP contribution in [0.2, 0.25) is 0 Å². The van der Waals surface area contributed by atoms with Crippen molar-refractivity contribution in [2.24, 2.45) is 11.8 Å². The number of hydrogen-bond acceptors (Lipinski definition) is 3. The van der Waals surface area contributed by atoms with E-state index < -0.39 is 5.60 Å². The normalized spacial score (nSPS) is 11.8. The molecule has 0 unspecified atom stereocenters. The molecule has 24 heavy (non-hydrogen) atoms. The summed E-state index contributed by atoms with van der Waals surface area (Å²) in [7, 11) is 1.63. The first-order chi connectivity index (χ1) is 11.3. The molecule has 0 aliphatic rings. The van der Waals surface area contributed by atoms with Crippen LogP contribution in [0.1, 0.15) is 53.9 Å². The quantitative estimate of drug-likeness (QED) is 0.662. The monoisotopic (exact) mass is 335 g/mol. The van der Waals surface area contributed by atoms with Gasteiger partial charge in [0.2, 0.25) is 0 Å². The number of nitrogens with one attached hydrogen (secondary N) is 1. The third-order valence-corrected chi connectivity index (χ3v) is 3.87. The molecule has 4 heteroatoms. The molecule has 0 fully saturated rings. The van der Waals surface area contributed by atoms with Gasteiger partial charge in [0.05, 0.1) is 6.61 Å². The van der Waals surface area contributed by atoms with Gasteiger partial charge in [-0.25, -0.2) is 0 Å². The molecule has 0 aliphatic heterocycles. The van der Waals surface area contributed by atoms with Crippen LogP contribution in [0, 0.1) is 11.8 Å². The first-order valence-corrected chi connectivity index (χ1v) is 8.92. The fourth-order valence-corrected chi connectivity index (χ4v) is 2.95. The Kier molecular flexibility index (Phi) is 8.26. The van der Waals surface area contributed by atoms with Gasteiger partial charge in [0.25, 0.3) is 5.91 Å². The molecule has 0 saturated carbocycles. The molecule has 0 bridgehead atoms. The second-order valence-electron chi connectivity index (χ2n) is 7.22. The summed E-state index contributed by atoms with van der Waals surface area (Å²) < 4.78 is 11.3. The summed E-state index contributed by atoms with van der Waals surface area (Å²) in [4.78, 5) is 12.9. The zero-order valence-corrected chi connectivity index (χ0v) is 16.0. The van der Waals surface area contributed by atoms with Crippen molar-refractivity contribution in [2.45, 2.75) is 59.5 Å². The number of rotatable bonds is 10. The standard InChI is InChI=1S/C20H33NO3/c1-7-12-24-18-10-8-17(9-11-18)21-19(22)20(23-6,13-15(2)3)14-16(4)5/h8-11,15-16H,7,12-14H2,1-6H3,(H,21,22). The van der Waals surface area contributed by atoms with Crippen LogP contribution in [-0.2, 0) is 9.53 Å². The Morgan fingerprint density at radius 2 is 1.62 bits per heavy atom. The minimum absolute atomic E-state index is 0.0744. The van der Waals surface area contributed by atoms with E-state index in [9.17, 15) is 4.79 Å². The third kappa shape index (κ3) is 6.16. The Hall–Kier alpha value is -1.55. The summed E-state index contributed by atoms with van der Waals surface area (Å²) >= 11 is 0. The average molecular weight is 335 g/mol. The van der Waals surface area contributed by atoms with Crippen LogP contribution in [0.25, 0.3) is 0 Å². The predicted octanol–water partition coefficient (Wildman–Crippen LogP) is 4.89. The van der Waals surface area contributed by atoms with Gasteiger partial charge in [-0.3, -0.25) is 4.79 Å². The molecule has 0 aliphatic carbocycles. The van der Waals surface area contributed by atoms with Gasteiger partial charge in [-0.2, -0.15) is 0 Å². The summed E-state index contributed by atoms with van der Waals surface area (Å²) in [6.07, 6.45) is 2.37. The minimum atomic E-state index is -0.792. The smallest absolute Gasteiger partial charge is 0.256 e. The van der Waals surface area contributed by atoms with Crippen LogP contribution in [0.4, 0.5) is 5.69 Å². The summed E-state index contributed by atoms with van der Waals surface area (Å²) in [5.74, 6) is 1.49. The molecule has 1 aromatic rings. The molecule has 0 aromatic heterocycles. The van der Waals surface area contributed by atoms with Crippen LogP contribution in [0.5, 0.6) is 5.75 Å². The summed E-state index contributed by atoms with van der Waals surface area (Å²) in [6.45, 7) is 11.2. The fraction of sp³-hybridized carbons (Fsp3) is 0.650. The number of carbonyl (C=O) groups is 1. The topological polar surface area (TPSA) is 47.6 Å². The van der Waals surface area contributed by atoms with E-state index in [1.165, 1.54) is 0 Å². The first kappa shape index (κ1) is 20.5. The Labute approximate surface area is 146 Å². The molecule has 1 aromatic carbocycles. The van der Waals surface area contributed by atoms with Gasteiger partial charge in [0.15, 0.2) is 0 Å². The van der Waals surface area contributed by atoms with Gasteiger partial charge < -0.3 is 14.8 Å². The van der Waals surface area contributed by atoms with Crippen LogP contribution < -0.4 is 10.1 Å². The van der Waals surface area contributed by atoms with E-state index >= 15 is 0 Å². The zero-order valence-electron chi connectivity index (χ0n) is 16.0. The van der Waals surface area contributed by atoms with Crippen LogP contribution >= 0.6 is 0 Å². The van der Waals surface area contributed by atoms with Gasteiger partial charge in [-0.1, -0.05) is 34.6 Å². The molecular formula is C20H33NO3. The number of carbonyl (C=O) groups excluding carboxylic acids is 1. The van der Waals surface area contributed by atoms with Crippen molar-refractivity contribution in [3.8, 4) is 5.75 Å². The average Bonchev–Trinajstić information content (AvgIpc) is 2.52. The maximum Gasteiger partial charge on any atom is 0.256 e. The van der Waals surface area contributed by atoms with E-state index in [1.807, 2.05) is 24.3 Å². The molecule has 0 spiro atoms. The Bertz CT molecular complexity index is 484. The van der Waals surface area contributed by atoms with E-state index in [2.05, 4.69) is 39.9 Å². The minimum Gasteiger partial charge on any atom is -0.494 e. The molecule has 0 heterocycles. The van der Waals surface area contributed by atoms with E-state index in [-0.39, 0.29) is 5.91 Å². The van der Waals surface area contributed by atoms with Gasteiger partial charge in [0.1, 0.15) is 11.4 Å². The molecule has 136 valence electrons.